The molecule has 12 aromatic carbocycles. The zero-order valence-electron chi connectivity index (χ0n) is 75.1. The van der Waals surface area contributed by atoms with Gasteiger partial charge in [0.1, 0.15) is 28.2 Å². The number of benzene rings is 12. The smallest absolute Gasteiger partial charge is 0.201 e. The average molecular weight is 1560 g/mol. The summed E-state index contributed by atoms with van der Waals surface area (Å²) in [4.78, 5) is 0. The lowest BCUT2D eigenvalue weighted by Gasteiger charge is -2.48. The van der Waals surface area contributed by atoms with E-state index in [-0.39, 0.29) is 27.1 Å². The van der Waals surface area contributed by atoms with Crippen LogP contribution in [0.2, 0.25) is 0 Å². The molecule has 0 saturated carbocycles. The molecule has 119 heavy (non-hydrogen) atoms. The van der Waals surface area contributed by atoms with E-state index >= 15 is 0 Å². The number of rotatable bonds is 4. The lowest BCUT2D eigenvalue weighted by Crippen LogP contribution is -2.49. The number of pyridine rings is 4. The summed E-state index contributed by atoms with van der Waals surface area (Å²) in [6.45, 7) is 47.6. The SMILES string of the molecule is Cc1c(-c2cccc[n+]2C)cc2c3ccccc3c3cccc4c3c2c1C4.Cc1c2c(cc3c1-c1c(c(C)c(C(C)C)c[n+]1C)C(C)(C)C3(C)C)-c1ccccc1C2.Cc1c2c(cc3c1-c1c(c(C)c(CC(C)(C)C)c[n+]1C)C(C)(C)C3(C)C)-c1ccccc1C2.Cc1ccc(-c2cc3c4ccccc4c4cccc5c4c3c(c2C)C5)[n+](C)c1. The van der Waals surface area contributed by atoms with Gasteiger partial charge in [0, 0.05) is 68.0 Å². The Morgan fingerprint density at radius 1 is 0.328 bits per heavy atom. The van der Waals surface area contributed by atoms with Crippen molar-refractivity contribution in [3.8, 4) is 67.3 Å². The summed E-state index contributed by atoms with van der Waals surface area (Å²) in [6.07, 6.45) is 14.4. The van der Waals surface area contributed by atoms with Gasteiger partial charge in [-0.05, 0) is 315 Å². The van der Waals surface area contributed by atoms with Crippen LogP contribution in [-0.4, -0.2) is 0 Å². The van der Waals surface area contributed by atoms with Crippen LogP contribution in [0.3, 0.4) is 0 Å². The second-order valence-electron chi connectivity index (χ2n) is 40.0. The summed E-state index contributed by atoms with van der Waals surface area (Å²) in [5.74, 6) is 0.521. The molecule has 0 radical (unpaired) electrons. The van der Waals surface area contributed by atoms with Crippen molar-refractivity contribution in [2.24, 2.45) is 33.6 Å². The quantitative estimate of drug-likeness (QED) is 0.123. The van der Waals surface area contributed by atoms with Gasteiger partial charge < -0.3 is 0 Å². The van der Waals surface area contributed by atoms with E-state index in [2.05, 4.69) is 398 Å². The fraction of sp³-hybridized carbons (Fsp3) is 0.304. The third-order valence-electron chi connectivity index (χ3n) is 30.7. The van der Waals surface area contributed by atoms with Gasteiger partial charge in [-0.25, -0.2) is 18.3 Å². The Bertz CT molecular complexity index is 7130. The number of aryl methyl sites for hydroxylation is 5. The van der Waals surface area contributed by atoms with E-state index in [4.69, 9.17) is 0 Å². The van der Waals surface area contributed by atoms with Crippen LogP contribution in [0.25, 0.3) is 132 Å². The molecule has 0 bridgehead atoms. The molecule has 594 valence electrons. The molecule has 0 aliphatic heterocycles. The molecule has 4 nitrogen and oxygen atoms in total. The van der Waals surface area contributed by atoms with Crippen LogP contribution in [-0.2, 0) is 82.0 Å². The van der Waals surface area contributed by atoms with Crippen LogP contribution < -0.4 is 18.3 Å². The summed E-state index contributed by atoms with van der Waals surface area (Å²) in [5.41, 5.74) is 48.2. The van der Waals surface area contributed by atoms with E-state index in [1.807, 2.05) is 0 Å². The maximum atomic E-state index is 2.55. The zero-order valence-corrected chi connectivity index (χ0v) is 75.1. The highest BCUT2D eigenvalue weighted by atomic mass is 15.0. The molecule has 4 heteroatoms. The topological polar surface area (TPSA) is 15.5 Å². The molecule has 0 saturated heterocycles. The summed E-state index contributed by atoms with van der Waals surface area (Å²) >= 11 is 0. The predicted molar refractivity (Wildman–Crippen MR) is 502 cm³/mol. The molecule has 22 rings (SSSR count). The molecule has 0 unspecified atom stereocenters. The minimum absolute atomic E-state index is 0.0177. The maximum Gasteiger partial charge on any atom is 0.216 e. The molecule has 16 aromatic rings. The molecule has 0 spiro atoms. The highest BCUT2D eigenvalue weighted by Crippen LogP contribution is 2.61. The van der Waals surface area contributed by atoms with Gasteiger partial charge >= 0.3 is 0 Å². The molecule has 6 aliphatic carbocycles. The van der Waals surface area contributed by atoms with Crippen molar-refractivity contribution in [2.75, 3.05) is 0 Å². The van der Waals surface area contributed by atoms with Crippen LogP contribution in [0, 0.1) is 53.9 Å². The van der Waals surface area contributed by atoms with Crippen LogP contribution >= 0.6 is 0 Å². The van der Waals surface area contributed by atoms with Gasteiger partial charge in [-0.15, -0.1) is 0 Å². The Balaban J connectivity index is 0.000000105. The monoisotopic (exact) mass is 1550 g/mol. The van der Waals surface area contributed by atoms with Crippen molar-refractivity contribution in [3.05, 3.63) is 330 Å². The summed E-state index contributed by atoms with van der Waals surface area (Å²) in [6, 6.07) is 70.2. The summed E-state index contributed by atoms with van der Waals surface area (Å²) < 4.78 is 9.36. The third-order valence-corrected chi connectivity index (χ3v) is 30.7. The van der Waals surface area contributed by atoms with E-state index in [0.717, 1.165) is 32.1 Å². The number of nitrogens with zero attached hydrogens (tertiary/aromatic N) is 4. The second kappa shape index (κ2) is 27.4. The summed E-state index contributed by atoms with van der Waals surface area (Å²) in [5, 5.41) is 16.9. The van der Waals surface area contributed by atoms with Crippen molar-refractivity contribution in [1.29, 1.82) is 0 Å². The van der Waals surface area contributed by atoms with Gasteiger partial charge in [0.25, 0.3) is 0 Å². The fourth-order valence-electron chi connectivity index (χ4n) is 23.3. The molecule has 6 aliphatic rings. The average Bonchev–Trinajstić information content (AvgIpc) is 1.23. The molecule has 0 atom stereocenters. The van der Waals surface area contributed by atoms with Crippen molar-refractivity contribution >= 4 is 64.6 Å². The van der Waals surface area contributed by atoms with Gasteiger partial charge in [0.2, 0.25) is 22.8 Å². The predicted octanol–water partition coefficient (Wildman–Crippen LogP) is 26.6. The first-order valence-corrected chi connectivity index (χ1v) is 43.9. The van der Waals surface area contributed by atoms with E-state index in [9.17, 15) is 0 Å². The molecule has 4 aromatic heterocycles. The minimum Gasteiger partial charge on any atom is -0.201 e. The molecule has 0 fully saturated rings. The normalized spacial score (nSPS) is 15.1. The number of fused-ring (bicyclic) bond motifs is 18. The van der Waals surface area contributed by atoms with Crippen LogP contribution in [0.1, 0.15) is 213 Å². The Kier molecular flexibility index (Phi) is 17.9. The van der Waals surface area contributed by atoms with E-state index in [1.165, 1.54) is 243 Å². The Morgan fingerprint density at radius 2 is 0.731 bits per heavy atom. The zero-order chi connectivity index (χ0) is 83.7. The van der Waals surface area contributed by atoms with Crippen molar-refractivity contribution in [2.45, 2.75) is 198 Å². The van der Waals surface area contributed by atoms with Crippen LogP contribution in [0.5, 0.6) is 0 Å². The number of hydrogen-bond donors (Lipinski definition) is 0. The Hall–Kier alpha value is -11.2. The highest BCUT2D eigenvalue weighted by molar-refractivity contribution is 6.30. The minimum atomic E-state index is 0.0177. The first kappa shape index (κ1) is 77.7. The number of hydrogen-bond acceptors (Lipinski definition) is 0. The van der Waals surface area contributed by atoms with Gasteiger partial charge in [0.15, 0.2) is 24.8 Å². The molecule has 0 amide bonds. The van der Waals surface area contributed by atoms with Crippen LogP contribution in [0.4, 0.5) is 0 Å². The van der Waals surface area contributed by atoms with Gasteiger partial charge in [-0.3, -0.25) is 0 Å². The lowest BCUT2D eigenvalue weighted by atomic mass is 9.54. The highest BCUT2D eigenvalue weighted by Gasteiger charge is 2.54. The Labute approximate surface area is 707 Å². The van der Waals surface area contributed by atoms with E-state index in [0.29, 0.717) is 5.92 Å². The van der Waals surface area contributed by atoms with Gasteiger partial charge in [0.05, 0.1) is 11.1 Å². The molecule has 0 N–H and O–H groups in total. The molecule has 4 heterocycles. The fourth-order valence-corrected chi connectivity index (χ4v) is 23.3. The number of aromatic nitrogens is 4. The van der Waals surface area contributed by atoms with Crippen molar-refractivity contribution < 1.29 is 18.3 Å². The third kappa shape index (κ3) is 11.5. The van der Waals surface area contributed by atoms with E-state index in [1.54, 1.807) is 5.56 Å². The maximum absolute atomic E-state index is 2.55. The summed E-state index contributed by atoms with van der Waals surface area (Å²) in [7, 11) is 8.81. The first-order valence-electron chi connectivity index (χ1n) is 43.9. The first-order chi connectivity index (χ1) is 56.6. The van der Waals surface area contributed by atoms with Gasteiger partial charge in [-0.2, -0.15) is 0 Å². The molecular formula is C115H118N4+4. The standard InChI is InChI=1S/C32H40N.C30H36N.C27H22N.C26H20N/c1-19-22(17-30(3,4)5)18-33(10)29-27-20(2)24-15-21-13-11-12-14-23(21)25(24)16-26(27)31(6,7)32(8,9)28(19)29;1-17(2)24-16-31(9)28-26-18(3)22-14-20-12-10-11-13-21(20)23(22)15-25(26)29(5,6)30(7,8)27(28)19(24)4;1-16-11-12-25(28(3)15-16)22-14-24-20-9-5-4-8-19(20)21-10-6-7-18-13-23(17(22)2)27(24)26(18)21;1-16-21(24-12-5-6-13-27(24)2)15-23-19-10-4-3-9-18(19)20-11-7-8-17-14-22(16)26(23)25(17)20/h11-14,16,18H,15,17H2,1-10H3;10-13,15-17H,14H2,1-9H3;4-12,14-15H,13H2,1-3H3;3-13,15H,14H2,1-2H3/q4*+1. The second-order valence-corrected chi connectivity index (χ2v) is 40.0. The van der Waals surface area contributed by atoms with Crippen LogP contribution in [0.15, 0.2) is 213 Å². The van der Waals surface area contributed by atoms with E-state index < -0.39 is 0 Å². The lowest BCUT2D eigenvalue weighted by molar-refractivity contribution is -0.661. The van der Waals surface area contributed by atoms with Crippen molar-refractivity contribution in [3.63, 3.8) is 0 Å². The van der Waals surface area contributed by atoms with Gasteiger partial charge in [-0.1, -0.05) is 223 Å². The Morgan fingerprint density at radius 3 is 1.18 bits per heavy atom. The molecular weight excluding hydrogens is 1440 g/mol. The largest absolute Gasteiger partial charge is 0.216 e. The van der Waals surface area contributed by atoms with Crippen molar-refractivity contribution in [1.82, 2.24) is 0 Å².